The lowest BCUT2D eigenvalue weighted by molar-refractivity contribution is -0.384. The van der Waals surface area contributed by atoms with Crippen LogP contribution in [0.4, 0.5) is 0 Å². The number of rotatable bonds is 1. The zero-order valence-electron chi connectivity index (χ0n) is 6.51. The van der Waals surface area contributed by atoms with Crippen molar-refractivity contribution in [3.8, 4) is 0 Å². The van der Waals surface area contributed by atoms with Crippen molar-refractivity contribution >= 4 is 17.3 Å². The van der Waals surface area contributed by atoms with Crippen LogP contribution in [0.5, 0.6) is 0 Å². The molecule has 0 atom stereocenters. The molecule has 0 aromatic rings. The van der Waals surface area contributed by atoms with Crippen molar-refractivity contribution in [2.24, 2.45) is 4.99 Å². The molecule has 0 saturated heterocycles. The first-order chi connectivity index (χ1) is 4.31. The highest BCUT2D eigenvalue weighted by atomic mass is 127. The number of aliphatic imine (C=N–C) groups is 1. The van der Waals surface area contributed by atoms with E-state index in [0.29, 0.717) is 0 Å². The lowest BCUT2D eigenvalue weighted by atomic mass is 10.8. The van der Waals surface area contributed by atoms with Crippen LogP contribution in [0.15, 0.2) is 4.99 Å². The molecule has 0 bridgehead atoms. The van der Waals surface area contributed by atoms with E-state index in [1.54, 1.807) is 24.4 Å². The Morgan fingerprint density at radius 1 is 1.60 bits per heavy atom. The molecule has 0 heterocycles. The molecule has 0 amide bonds. The van der Waals surface area contributed by atoms with Crippen molar-refractivity contribution in [2.45, 2.75) is 18.9 Å². The Hall–Kier alpha value is 0.710. The van der Waals surface area contributed by atoms with Crippen LogP contribution in [0.2, 0.25) is 0 Å². The van der Waals surface area contributed by atoms with Gasteiger partial charge in [-0.3, -0.25) is 4.99 Å². The second kappa shape index (κ2) is 9.71. The molecule has 62 valence electrons. The molecule has 3 N–H and O–H groups in total. The second-order valence-corrected chi connectivity index (χ2v) is 2.72. The topological polar surface area (TPSA) is 40.0 Å². The van der Waals surface area contributed by atoms with Crippen LogP contribution in [0, 0.1) is 0 Å². The summed E-state index contributed by atoms with van der Waals surface area (Å²) in [4.78, 5) is 3.69. The minimum Gasteiger partial charge on any atom is -1.00 e. The van der Waals surface area contributed by atoms with Gasteiger partial charge in [0.25, 0.3) is 0 Å². The van der Waals surface area contributed by atoms with Crippen LogP contribution >= 0.6 is 11.8 Å². The Morgan fingerprint density at radius 3 is 2.00 bits per heavy atom. The van der Waals surface area contributed by atoms with Crippen molar-refractivity contribution in [3.05, 3.63) is 0 Å². The Kier molecular flexibility index (Phi) is 12.9. The van der Waals surface area contributed by atoms with Gasteiger partial charge in [-0.1, -0.05) is 0 Å². The predicted octanol–water partition coefficient (Wildman–Crippen LogP) is -2.60. The van der Waals surface area contributed by atoms with Crippen molar-refractivity contribution in [3.63, 3.8) is 0 Å². The zero-order chi connectivity index (χ0) is 7.11. The average Bonchev–Trinajstić information content (AvgIpc) is 2.55. The first kappa shape index (κ1) is 13.3. The number of nitrogens with zero attached hydrogens (tertiary/aromatic N) is 1. The molecule has 1 aliphatic carbocycles. The van der Waals surface area contributed by atoms with Gasteiger partial charge in [0, 0.05) is 19.9 Å². The fourth-order valence-corrected chi connectivity index (χ4v) is 0.434. The van der Waals surface area contributed by atoms with E-state index in [2.05, 4.69) is 10.7 Å². The largest absolute Gasteiger partial charge is 1.00 e. The normalized spacial score (nSPS) is 15.5. The van der Waals surface area contributed by atoms with Gasteiger partial charge in [0.05, 0.1) is 11.6 Å². The number of thioether (sulfide) groups is 1. The van der Waals surface area contributed by atoms with E-state index in [1.165, 1.54) is 12.8 Å². The van der Waals surface area contributed by atoms with Gasteiger partial charge in [0.2, 0.25) is 0 Å². The quantitative estimate of drug-likeness (QED) is 0.318. The monoisotopic (exact) mass is 274 g/mol. The SMILES string of the molecule is CN=CSC.[I-].[NH3+]C1CC1. The third-order valence-electron chi connectivity index (χ3n) is 0.908. The van der Waals surface area contributed by atoms with Gasteiger partial charge in [0.15, 0.2) is 0 Å². The first-order valence-electron chi connectivity index (χ1n) is 3.07. The van der Waals surface area contributed by atoms with Crippen LogP contribution in [0.25, 0.3) is 0 Å². The number of halogens is 1. The molecule has 1 fully saturated rings. The molecule has 0 radical (unpaired) electrons. The molecular formula is C6H15IN2S. The Labute approximate surface area is 84.1 Å². The fourth-order valence-electron chi connectivity index (χ4n) is 0.223. The van der Waals surface area contributed by atoms with Gasteiger partial charge < -0.3 is 29.7 Å². The summed E-state index contributed by atoms with van der Waals surface area (Å²) < 4.78 is 0. The van der Waals surface area contributed by atoms with Crippen molar-refractivity contribution in [1.29, 1.82) is 0 Å². The van der Waals surface area contributed by atoms with Crippen molar-refractivity contribution in [2.75, 3.05) is 13.3 Å². The molecule has 2 nitrogen and oxygen atoms in total. The zero-order valence-corrected chi connectivity index (χ0v) is 9.48. The molecule has 1 saturated carbocycles. The molecule has 0 aromatic heterocycles. The van der Waals surface area contributed by atoms with Gasteiger partial charge in [-0.25, -0.2) is 0 Å². The predicted molar refractivity (Wildman–Crippen MR) is 43.8 cm³/mol. The standard InChI is InChI=1S/C3H7NS.C3H7N.HI/c1-4-3-5-2;4-3-1-2-3;/h3H,1-2H3;3H,1-2,4H2;1H. The smallest absolute Gasteiger partial charge is 0.0848 e. The van der Waals surface area contributed by atoms with E-state index in [9.17, 15) is 0 Å². The van der Waals surface area contributed by atoms with Crippen molar-refractivity contribution in [1.82, 2.24) is 0 Å². The highest BCUT2D eigenvalue weighted by Crippen LogP contribution is 2.11. The van der Waals surface area contributed by atoms with Crippen molar-refractivity contribution < 1.29 is 29.7 Å². The van der Waals surface area contributed by atoms with Crippen LogP contribution < -0.4 is 29.7 Å². The Morgan fingerprint density at radius 2 is 2.00 bits per heavy atom. The maximum absolute atomic E-state index is 3.75. The van der Waals surface area contributed by atoms with Crippen LogP contribution in [-0.4, -0.2) is 24.9 Å². The summed E-state index contributed by atoms with van der Waals surface area (Å²) in [6.45, 7) is 0. The summed E-state index contributed by atoms with van der Waals surface area (Å²) in [6, 6.07) is 0.833. The molecule has 10 heavy (non-hydrogen) atoms. The van der Waals surface area contributed by atoms with E-state index < -0.39 is 0 Å². The fraction of sp³-hybridized carbons (Fsp3) is 0.833. The first-order valence-corrected chi connectivity index (χ1v) is 4.36. The minimum atomic E-state index is 0. The molecule has 4 heteroatoms. The molecule has 1 rings (SSSR count). The van der Waals surface area contributed by atoms with Gasteiger partial charge in [-0.15, -0.1) is 11.8 Å². The van der Waals surface area contributed by atoms with E-state index in [-0.39, 0.29) is 24.0 Å². The maximum atomic E-state index is 3.75. The molecular weight excluding hydrogens is 259 g/mol. The molecule has 0 spiro atoms. The molecule has 0 aromatic carbocycles. The summed E-state index contributed by atoms with van der Waals surface area (Å²) >= 11 is 1.61. The lowest BCUT2D eigenvalue weighted by Crippen LogP contribution is -3.00. The highest BCUT2D eigenvalue weighted by molar-refractivity contribution is 8.11. The molecule has 0 aliphatic heterocycles. The van der Waals surface area contributed by atoms with Gasteiger partial charge in [-0.05, 0) is 6.26 Å². The maximum Gasteiger partial charge on any atom is 0.0848 e. The Balaban J connectivity index is 0. The average molecular weight is 274 g/mol. The van der Waals surface area contributed by atoms with E-state index in [0.717, 1.165) is 6.04 Å². The summed E-state index contributed by atoms with van der Waals surface area (Å²) in [5.41, 5.74) is 5.54. The van der Waals surface area contributed by atoms with Crippen LogP contribution in [0.1, 0.15) is 12.8 Å². The number of hydrogen-bond acceptors (Lipinski definition) is 2. The Bertz CT molecular complexity index is 83.8. The summed E-state index contributed by atoms with van der Waals surface area (Å²) in [5, 5.41) is 0. The summed E-state index contributed by atoms with van der Waals surface area (Å²) in [6.07, 6.45) is 4.73. The third kappa shape index (κ3) is 15.9. The van der Waals surface area contributed by atoms with E-state index in [1.807, 2.05) is 6.26 Å². The number of quaternary nitrogens is 1. The van der Waals surface area contributed by atoms with E-state index >= 15 is 0 Å². The van der Waals surface area contributed by atoms with Crippen LogP contribution in [-0.2, 0) is 0 Å². The lowest BCUT2D eigenvalue weighted by Gasteiger charge is -1.66. The van der Waals surface area contributed by atoms with E-state index in [4.69, 9.17) is 0 Å². The third-order valence-corrected chi connectivity index (χ3v) is 1.33. The highest BCUT2D eigenvalue weighted by Gasteiger charge is 2.18. The molecule has 0 unspecified atom stereocenters. The van der Waals surface area contributed by atoms with Gasteiger partial charge in [0.1, 0.15) is 0 Å². The molecule has 1 aliphatic rings. The summed E-state index contributed by atoms with van der Waals surface area (Å²) in [5.74, 6) is 0. The minimum absolute atomic E-state index is 0. The summed E-state index contributed by atoms with van der Waals surface area (Å²) in [7, 11) is 1.76. The van der Waals surface area contributed by atoms with Gasteiger partial charge in [-0.2, -0.15) is 0 Å². The van der Waals surface area contributed by atoms with Gasteiger partial charge >= 0.3 is 0 Å². The second-order valence-electron chi connectivity index (χ2n) is 2.04. The van der Waals surface area contributed by atoms with Crippen LogP contribution in [0.3, 0.4) is 0 Å². The number of hydrogen-bond donors (Lipinski definition) is 1.